The zero-order chi connectivity index (χ0) is 22.5. The Morgan fingerprint density at radius 1 is 1.09 bits per heavy atom. The van der Waals surface area contributed by atoms with Gasteiger partial charge in [0.25, 0.3) is 5.91 Å². The van der Waals surface area contributed by atoms with Gasteiger partial charge in [0.2, 0.25) is 5.91 Å². The number of benzene rings is 1. The van der Waals surface area contributed by atoms with E-state index in [1.807, 2.05) is 28.0 Å². The first kappa shape index (κ1) is 21.1. The number of piperidine rings is 1. The average molecular weight is 436 g/mol. The van der Waals surface area contributed by atoms with E-state index in [0.717, 1.165) is 32.1 Å². The van der Waals surface area contributed by atoms with Crippen LogP contribution in [0, 0.1) is 11.2 Å². The lowest BCUT2D eigenvalue weighted by molar-refractivity contribution is -0.136. The van der Waals surface area contributed by atoms with Crippen LogP contribution in [0.5, 0.6) is 0 Å². The van der Waals surface area contributed by atoms with Crippen LogP contribution in [0.25, 0.3) is 0 Å². The maximum absolute atomic E-state index is 14.1. The van der Waals surface area contributed by atoms with Gasteiger partial charge in [0.05, 0.1) is 6.04 Å². The quantitative estimate of drug-likeness (QED) is 0.726. The molecule has 0 radical (unpaired) electrons. The molecule has 1 aromatic heterocycles. The van der Waals surface area contributed by atoms with E-state index in [1.54, 1.807) is 25.1 Å². The van der Waals surface area contributed by atoms with Crippen molar-refractivity contribution in [2.24, 2.45) is 5.41 Å². The molecule has 3 fully saturated rings. The van der Waals surface area contributed by atoms with Crippen molar-refractivity contribution in [3.05, 3.63) is 65.2 Å². The van der Waals surface area contributed by atoms with Gasteiger partial charge in [-0.2, -0.15) is 0 Å². The molecule has 2 amide bonds. The van der Waals surface area contributed by atoms with Crippen molar-refractivity contribution in [3.63, 3.8) is 0 Å². The Balaban J connectivity index is 1.46. The number of hydrogen-bond donors (Lipinski definition) is 0. The van der Waals surface area contributed by atoms with E-state index >= 15 is 0 Å². The number of aromatic nitrogens is 1. The summed E-state index contributed by atoms with van der Waals surface area (Å²) in [5.74, 6) is -0.225. The number of rotatable bonds is 3. The normalized spacial score (nSPS) is 29.0. The standard InChI is InChI=1S/C26H30FN3O2/c1-17(31)29-16-20-15-26(2)23(29)12-5-6-13-24(26)30(20)25(32)22-11-7-9-19(28-22)14-18-8-3-4-10-21(18)27/h3-4,7-11,20,23-24H,5-6,12-16H2,1-2H3/t20-,23+,24-,26+/m0/s1. The van der Waals surface area contributed by atoms with Gasteiger partial charge in [-0.05, 0) is 43.0 Å². The molecule has 32 heavy (non-hydrogen) atoms. The Morgan fingerprint density at radius 3 is 2.59 bits per heavy atom. The fraction of sp³-hybridized carbons (Fsp3) is 0.500. The van der Waals surface area contributed by atoms with E-state index in [4.69, 9.17) is 0 Å². The molecule has 6 heteroatoms. The van der Waals surface area contributed by atoms with Crippen molar-refractivity contribution in [1.82, 2.24) is 14.8 Å². The van der Waals surface area contributed by atoms with Crippen LogP contribution in [-0.4, -0.2) is 51.3 Å². The first-order valence-corrected chi connectivity index (χ1v) is 11.7. The lowest BCUT2D eigenvalue weighted by atomic mass is 9.71. The molecular formula is C26H30FN3O2. The molecule has 0 spiro atoms. The fourth-order valence-electron chi connectivity index (χ4n) is 6.49. The molecule has 1 aromatic carbocycles. The van der Waals surface area contributed by atoms with Crippen LogP contribution in [0.2, 0.25) is 0 Å². The summed E-state index contributed by atoms with van der Waals surface area (Å²) in [6, 6.07) is 12.4. The second kappa shape index (κ2) is 7.98. The van der Waals surface area contributed by atoms with Gasteiger partial charge in [-0.15, -0.1) is 0 Å². The first-order valence-electron chi connectivity index (χ1n) is 11.7. The summed E-state index contributed by atoms with van der Waals surface area (Å²) >= 11 is 0. The second-order valence-electron chi connectivity index (χ2n) is 9.85. The third-order valence-electron chi connectivity index (χ3n) is 7.91. The highest BCUT2D eigenvalue weighted by molar-refractivity contribution is 5.93. The highest BCUT2D eigenvalue weighted by Crippen LogP contribution is 2.53. The predicted molar refractivity (Wildman–Crippen MR) is 120 cm³/mol. The van der Waals surface area contributed by atoms with Crippen LogP contribution in [0.3, 0.4) is 0 Å². The Bertz CT molecular complexity index is 1060. The Hall–Kier alpha value is -2.76. The number of carbonyl (C=O) groups is 2. The zero-order valence-corrected chi connectivity index (χ0v) is 18.8. The highest BCUT2D eigenvalue weighted by Gasteiger charge is 2.60. The van der Waals surface area contributed by atoms with Crippen molar-refractivity contribution in [2.75, 3.05) is 6.54 Å². The molecule has 3 heterocycles. The number of hydrogen-bond acceptors (Lipinski definition) is 3. The van der Waals surface area contributed by atoms with Gasteiger partial charge in [-0.25, -0.2) is 9.37 Å². The lowest BCUT2D eigenvalue weighted by Gasteiger charge is -2.46. The molecule has 0 N–H and O–H groups in total. The van der Waals surface area contributed by atoms with Crippen molar-refractivity contribution in [1.29, 1.82) is 0 Å². The van der Waals surface area contributed by atoms with E-state index in [9.17, 15) is 14.0 Å². The van der Waals surface area contributed by atoms with Crippen molar-refractivity contribution >= 4 is 11.8 Å². The number of amides is 2. The number of fused-ring (bicyclic) bond motifs is 1. The number of carbonyl (C=O) groups excluding carboxylic acids is 2. The summed E-state index contributed by atoms with van der Waals surface area (Å²) in [7, 11) is 0. The SMILES string of the molecule is CC(=O)N1C[C@@H]2C[C@@]3(C)[C@H](CCCC[C@@H]13)N2C(=O)c1cccc(Cc2ccccc2F)n1. The summed E-state index contributed by atoms with van der Waals surface area (Å²) in [4.78, 5) is 34.9. The maximum atomic E-state index is 14.1. The fourth-order valence-corrected chi connectivity index (χ4v) is 6.49. The molecule has 5 rings (SSSR count). The second-order valence-corrected chi connectivity index (χ2v) is 9.85. The Morgan fingerprint density at radius 2 is 1.84 bits per heavy atom. The number of pyridine rings is 1. The van der Waals surface area contributed by atoms with E-state index in [2.05, 4.69) is 11.9 Å². The van der Waals surface area contributed by atoms with Gasteiger partial charge in [-0.3, -0.25) is 9.59 Å². The number of halogens is 1. The van der Waals surface area contributed by atoms with Gasteiger partial charge >= 0.3 is 0 Å². The van der Waals surface area contributed by atoms with Gasteiger partial charge in [-0.1, -0.05) is 44.0 Å². The summed E-state index contributed by atoms with van der Waals surface area (Å²) in [5, 5.41) is 0. The van der Waals surface area contributed by atoms with E-state index in [0.29, 0.717) is 29.9 Å². The third-order valence-corrected chi connectivity index (χ3v) is 7.91. The van der Waals surface area contributed by atoms with E-state index in [1.165, 1.54) is 6.07 Å². The zero-order valence-electron chi connectivity index (χ0n) is 18.8. The molecule has 2 aromatic rings. The molecule has 5 nitrogen and oxygen atoms in total. The van der Waals surface area contributed by atoms with Crippen molar-refractivity contribution < 1.29 is 14.0 Å². The summed E-state index contributed by atoms with van der Waals surface area (Å²) in [6.45, 7) is 4.52. The van der Waals surface area contributed by atoms with Gasteiger partial charge < -0.3 is 9.80 Å². The Labute approximate surface area is 188 Å². The van der Waals surface area contributed by atoms with Gasteiger partial charge in [0.15, 0.2) is 0 Å². The molecule has 1 aliphatic carbocycles. The molecule has 3 aliphatic rings. The van der Waals surface area contributed by atoms with Crippen molar-refractivity contribution in [2.45, 2.75) is 70.5 Å². The smallest absolute Gasteiger partial charge is 0.273 e. The molecule has 168 valence electrons. The highest BCUT2D eigenvalue weighted by atomic mass is 19.1. The number of likely N-dealkylation sites (tertiary alicyclic amines) is 2. The average Bonchev–Trinajstić information content (AvgIpc) is 2.88. The third kappa shape index (κ3) is 3.40. The van der Waals surface area contributed by atoms with Crippen LogP contribution in [0.15, 0.2) is 42.5 Å². The minimum atomic E-state index is -0.263. The van der Waals surface area contributed by atoms with Crippen LogP contribution in [0.4, 0.5) is 4.39 Å². The lowest BCUT2D eigenvalue weighted by Crippen LogP contribution is -2.55. The first-order chi connectivity index (χ1) is 15.4. The molecule has 2 saturated heterocycles. The van der Waals surface area contributed by atoms with E-state index in [-0.39, 0.29) is 41.2 Å². The van der Waals surface area contributed by atoms with E-state index < -0.39 is 0 Å². The van der Waals surface area contributed by atoms with Gasteiger partial charge in [0.1, 0.15) is 11.5 Å². The topological polar surface area (TPSA) is 53.5 Å². The van der Waals surface area contributed by atoms with Gasteiger partial charge in [0, 0.05) is 43.1 Å². The van der Waals surface area contributed by atoms with Crippen LogP contribution < -0.4 is 0 Å². The van der Waals surface area contributed by atoms with Crippen LogP contribution in [-0.2, 0) is 11.2 Å². The molecule has 4 atom stereocenters. The molecule has 2 aliphatic heterocycles. The molecular weight excluding hydrogens is 405 g/mol. The maximum Gasteiger partial charge on any atom is 0.273 e. The Kier molecular flexibility index (Phi) is 5.26. The molecule has 2 bridgehead atoms. The van der Waals surface area contributed by atoms with Crippen molar-refractivity contribution in [3.8, 4) is 0 Å². The minimum absolute atomic E-state index is 0.0211. The number of nitrogens with zero attached hydrogens (tertiary/aromatic N) is 3. The summed E-state index contributed by atoms with van der Waals surface area (Å²) in [5.41, 5.74) is 1.58. The molecule has 0 unspecified atom stereocenters. The largest absolute Gasteiger partial charge is 0.337 e. The summed E-state index contributed by atoms with van der Waals surface area (Å²) < 4.78 is 14.1. The van der Waals surface area contributed by atoms with Crippen LogP contribution in [0.1, 0.15) is 67.7 Å². The monoisotopic (exact) mass is 435 g/mol. The predicted octanol–water partition coefficient (Wildman–Crippen LogP) is 4.21. The van der Waals surface area contributed by atoms with Crippen LogP contribution >= 0.6 is 0 Å². The molecule has 1 saturated carbocycles. The minimum Gasteiger partial charge on any atom is -0.337 e. The summed E-state index contributed by atoms with van der Waals surface area (Å²) in [6.07, 6.45) is 5.42.